The van der Waals surface area contributed by atoms with E-state index in [1.165, 1.54) is 5.52 Å². The molecule has 2 heterocycles. The molecule has 0 saturated carbocycles. The Labute approximate surface area is 185 Å². The van der Waals surface area contributed by atoms with E-state index in [1.54, 1.807) is 0 Å². The number of aromatic nitrogens is 2. The van der Waals surface area contributed by atoms with Crippen LogP contribution >= 0.6 is 0 Å². The average Bonchev–Trinajstić information content (AvgIpc) is 3.17. The Morgan fingerprint density at radius 3 is 2.61 bits per heavy atom. The third-order valence-corrected chi connectivity index (χ3v) is 6.30. The topological polar surface area (TPSA) is 50.2 Å². The number of nitrogens with one attached hydrogen (secondary N) is 1. The maximum Gasteiger partial charge on any atom is 0.225 e. The predicted molar refractivity (Wildman–Crippen MR) is 127 cm³/mol. The lowest BCUT2D eigenvalue weighted by atomic mass is 9.96. The van der Waals surface area contributed by atoms with E-state index in [9.17, 15) is 4.79 Å². The number of carbonyl (C=O) groups is 1. The maximum atomic E-state index is 13.1. The number of carbonyl (C=O) groups excluding carboxylic acids is 1. The van der Waals surface area contributed by atoms with Crippen molar-refractivity contribution in [2.75, 3.05) is 18.0 Å². The second-order valence-corrected chi connectivity index (χ2v) is 9.16. The summed E-state index contributed by atoms with van der Waals surface area (Å²) in [4.78, 5) is 20.4. The summed E-state index contributed by atoms with van der Waals surface area (Å²) in [6.07, 6.45) is 3.04. The molecule has 1 fully saturated rings. The van der Waals surface area contributed by atoms with Crippen LogP contribution in [0.4, 0.5) is 5.95 Å². The van der Waals surface area contributed by atoms with Crippen molar-refractivity contribution >= 4 is 22.9 Å². The van der Waals surface area contributed by atoms with Crippen LogP contribution in [0.15, 0.2) is 54.6 Å². The highest BCUT2D eigenvalue weighted by Gasteiger charge is 2.29. The fourth-order valence-corrected chi connectivity index (χ4v) is 4.44. The number of para-hydroxylation sites is 2. The molecule has 1 saturated heterocycles. The van der Waals surface area contributed by atoms with E-state index in [2.05, 4.69) is 65.9 Å². The first-order chi connectivity index (χ1) is 15.0. The number of anilines is 1. The lowest BCUT2D eigenvalue weighted by Crippen LogP contribution is -2.44. The lowest BCUT2D eigenvalue weighted by molar-refractivity contribution is -0.125. The van der Waals surface area contributed by atoms with E-state index in [1.807, 2.05) is 24.3 Å². The van der Waals surface area contributed by atoms with Crippen LogP contribution in [0.5, 0.6) is 0 Å². The number of hydrogen-bond donors (Lipinski definition) is 1. The quantitative estimate of drug-likeness (QED) is 0.575. The van der Waals surface area contributed by atoms with Crippen molar-refractivity contribution in [2.45, 2.75) is 52.6 Å². The van der Waals surface area contributed by atoms with E-state index in [-0.39, 0.29) is 17.9 Å². The molecule has 1 aliphatic heterocycles. The van der Waals surface area contributed by atoms with Crippen molar-refractivity contribution in [1.82, 2.24) is 14.9 Å². The molecule has 164 valence electrons. The molecule has 2 atom stereocenters. The molecular weight excluding hydrogens is 384 g/mol. The van der Waals surface area contributed by atoms with E-state index >= 15 is 0 Å². The van der Waals surface area contributed by atoms with Gasteiger partial charge in [0, 0.05) is 19.6 Å². The van der Waals surface area contributed by atoms with Crippen molar-refractivity contribution in [3.63, 3.8) is 0 Å². The van der Waals surface area contributed by atoms with Gasteiger partial charge in [0.15, 0.2) is 0 Å². The van der Waals surface area contributed by atoms with E-state index in [0.717, 1.165) is 55.9 Å². The molecule has 1 amide bonds. The molecule has 2 aromatic carbocycles. The zero-order valence-corrected chi connectivity index (χ0v) is 18.9. The Morgan fingerprint density at radius 1 is 1.10 bits per heavy atom. The summed E-state index contributed by atoms with van der Waals surface area (Å²) in [5.41, 5.74) is 3.35. The Hall–Kier alpha value is -2.82. The number of aryl methyl sites for hydroxylation is 1. The number of imidazole rings is 1. The molecule has 0 bridgehead atoms. The van der Waals surface area contributed by atoms with Gasteiger partial charge in [-0.3, -0.25) is 4.79 Å². The second-order valence-electron chi connectivity index (χ2n) is 9.16. The van der Waals surface area contributed by atoms with E-state index in [0.29, 0.717) is 5.92 Å². The van der Waals surface area contributed by atoms with Gasteiger partial charge in [-0.1, -0.05) is 56.3 Å². The number of nitrogens with zero attached hydrogens (tertiary/aromatic N) is 3. The first-order valence-corrected chi connectivity index (χ1v) is 11.6. The SMILES string of the molecule is CC(C)CCn1c(N2CCC[C@H](C(=O)N[C@@H](C)c3ccccc3)C2)nc2ccccc21. The predicted octanol–water partition coefficient (Wildman–Crippen LogP) is 5.18. The minimum atomic E-state index is -0.0155. The van der Waals surface area contributed by atoms with Gasteiger partial charge in [0.25, 0.3) is 0 Å². The van der Waals surface area contributed by atoms with Crippen molar-refractivity contribution in [3.05, 3.63) is 60.2 Å². The molecule has 0 spiro atoms. The largest absolute Gasteiger partial charge is 0.349 e. The van der Waals surface area contributed by atoms with E-state index in [4.69, 9.17) is 4.98 Å². The van der Waals surface area contributed by atoms with Crippen molar-refractivity contribution in [1.29, 1.82) is 0 Å². The summed E-state index contributed by atoms with van der Waals surface area (Å²) in [6.45, 7) is 9.19. The number of piperidine rings is 1. The highest BCUT2D eigenvalue weighted by molar-refractivity contribution is 5.81. The summed E-state index contributed by atoms with van der Waals surface area (Å²) < 4.78 is 2.35. The van der Waals surface area contributed by atoms with Crippen molar-refractivity contribution < 1.29 is 4.79 Å². The van der Waals surface area contributed by atoms with Gasteiger partial charge in [0.2, 0.25) is 11.9 Å². The van der Waals surface area contributed by atoms with Crippen LogP contribution in [0.3, 0.4) is 0 Å². The standard InChI is InChI=1S/C26H34N4O/c1-19(2)15-17-30-24-14-8-7-13-23(24)28-26(30)29-16-9-12-22(18-29)25(31)27-20(3)21-10-5-4-6-11-21/h4-8,10-11,13-14,19-20,22H,9,12,15-18H2,1-3H3,(H,27,31)/t20-,22-/m0/s1. The number of amides is 1. The molecule has 4 rings (SSSR count). The molecule has 1 aliphatic rings. The molecule has 0 unspecified atom stereocenters. The Balaban J connectivity index is 1.51. The van der Waals surface area contributed by atoms with Gasteiger partial charge in [-0.05, 0) is 49.8 Å². The van der Waals surface area contributed by atoms with Crippen LogP contribution in [0.25, 0.3) is 11.0 Å². The smallest absolute Gasteiger partial charge is 0.225 e. The zero-order chi connectivity index (χ0) is 21.8. The van der Waals surface area contributed by atoms with Crippen LogP contribution in [0.2, 0.25) is 0 Å². The molecule has 1 N–H and O–H groups in total. The lowest BCUT2D eigenvalue weighted by Gasteiger charge is -2.33. The van der Waals surface area contributed by atoms with Crippen LogP contribution in [0.1, 0.15) is 51.6 Å². The summed E-state index contributed by atoms with van der Waals surface area (Å²) >= 11 is 0. The maximum absolute atomic E-state index is 13.1. The van der Waals surface area contributed by atoms with Gasteiger partial charge >= 0.3 is 0 Å². The zero-order valence-electron chi connectivity index (χ0n) is 18.9. The summed E-state index contributed by atoms with van der Waals surface area (Å²) in [6, 6.07) is 18.5. The number of hydrogen-bond acceptors (Lipinski definition) is 3. The molecule has 3 aromatic rings. The minimum Gasteiger partial charge on any atom is -0.349 e. The minimum absolute atomic E-state index is 0.0136. The second kappa shape index (κ2) is 9.54. The van der Waals surface area contributed by atoms with Crippen molar-refractivity contribution in [3.8, 4) is 0 Å². The Kier molecular flexibility index (Phi) is 6.59. The van der Waals surface area contributed by atoms with Gasteiger partial charge < -0.3 is 14.8 Å². The first kappa shape index (κ1) is 21.4. The van der Waals surface area contributed by atoms with Crippen LogP contribution in [0, 0.1) is 11.8 Å². The number of benzene rings is 2. The molecule has 0 aliphatic carbocycles. The van der Waals surface area contributed by atoms with Gasteiger partial charge in [-0.2, -0.15) is 0 Å². The fourth-order valence-electron chi connectivity index (χ4n) is 4.44. The molecule has 1 aromatic heterocycles. The summed E-state index contributed by atoms with van der Waals surface area (Å²) in [5, 5.41) is 3.23. The number of fused-ring (bicyclic) bond motifs is 1. The van der Waals surface area contributed by atoms with Gasteiger partial charge in [-0.25, -0.2) is 4.98 Å². The normalized spacial score (nSPS) is 17.8. The molecular formula is C26H34N4O. The Bertz CT molecular complexity index is 1010. The molecule has 0 radical (unpaired) electrons. The van der Waals surface area contributed by atoms with Crippen LogP contribution < -0.4 is 10.2 Å². The van der Waals surface area contributed by atoms with Gasteiger partial charge in [0.05, 0.1) is 23.0 Å². The van der Waals surface area contributed by atoms with Crippen LogP contribution in [-0.2, 0) is 11.3 Å². The fraction of sp³-hybridized carbons (Fsp3) is 0.462. The van der Waals surface area contributed by atoms with Crippen LogP contribution in [-0.4, -0.2) is 28.5 Å². The molecule has 5 nitrogen and oxygen atoms in total. The van der Waals surface area contributed by atoms with Crippen molar-refractivity contribution in [2.24, 2.45) is 11.8 Å². The third kappa shape index (κ3) is 4.92. The molecule has 31 heavy (non-hydrogen) atoms. The molecule has 5 heteroatoms. The average molecular weight is 419 g/mol. The third-order valence-electron chi connectivity index (χ3n) is 6.30. The van der Waals surface area contributed by atoms with E-state index < -0.39 is 0 Å². The van der Waals surface area contributed by atoms with Gasteiger partial charge in [0.1, 0.15) is 0 Å². The highest BCUT2D eigenvalue weighted by Crippen LogP contribution is 2.28. The summed E-state index contributed by atoms with van der Waals surface area (Å²) in [7, 11) is 0. The highest BCUT2D eigenvalue weighted by atomic mass is 16.2. The number of rotatable bonds is 7. The monoisotopic (exact) mass is 418 g/mol. The summed E-state index contributed by atoms with van der Waals surface area (Å²) in [5.74, 6) is 1.77. The van der Waals surface area contributed by atoms with Gasteiger partial charge in [-0.15, -0.1) is 0 Å². The Morgan fingerprint density at radius 2 is 1.84 bits per heavy atom. The first-order valence-electron chi connectivity index (χ1n) is 11.6.